The van der Waals surface area contributed by atoms with E-state index in [0.717, 1.165) is 39.2 Å². The van der Waals surface area contributed by atoms with Gasteiger partial charge in [-0.2, -0.15) is 0 Å². The molecule has 1 aromatic heterocycles. The number of amides is 1. The van der Waals surface area contributed by atoms with Crippen molar-refractivity contribution in [3.8, 4) is 17.1 Å². The third kappa shape index (κ3) is 4.26. The molecule has 0 spiro atoms. The van der Waals surface area contributed by atoms with Crippen molar-refractivity contribution in [2.75, 3.05) is 5.32 Å². The molecule has 1 N–H and O–H groups in total. The van der Waals surface area contributed by atoms with E-state index in [1.165, 1.54) is 5.56 Å². The molecule has 0 saturated carbocycles. The second-order valence-electron chi connectivity index (χ2n) is 8.08. The Labute approximate surface area is 182 Å². The van der Waals surface area contributed by atoms with Gasteiger partial charge in [0.1, 0.15) is 0 Å². The van der Waals surface area contributed by atoms with Gasteiger partial charge in [-0.05, 0) is 69.5 Å². The van der Waals surface area contributed by atoms with Crippen LogP contribution in [0.2, 0.25) is 0 Å². The highest BCUT2D eigenvalue weighted by molar-refractivity contribution is 6.02. The molecule has 0 atom stereocenters. The Bertz CT molecular complexity index is 1270. The summed E-state index contributed by atoms with van der Waals surface area (Å²) in [6.45, 7) is 10.2. The second kappa shape index (κ2) is 8.19. The Hall–Kier alpha value is -3.73. The molecule has 5 heteroatoms. The van der Waals surface area contributed by atoms with Gasteiger partial charge >= 0.3 is 0 Å². The van der Waals surface area contributed by atoms with Gasteiger partial charge in [-0.25, -0.2) is 9.67 Å². The SMILES string of the molecule is Cc1ccc(-c2nc(C(=O)Nc3ccc(C)cc3C)nn2-c2ccc(C)c(C)c2)cc1. The van der Waals surface area contributed by atoms with Crippen molar-refractivity contribution >= 4 is 11.6 Å². The van der Waals surface area contributed by atoms with Gasteiger partial charge in [-0.1, -0.05) is 53.6 Å². The summed E-state index contributed by atoms with van der Waals surface area (Å²) in [5.41, 5.74) is 8.20. The van der Waals surface area contributed by atoms with Crippen LogP contribution in [0, 0.1) is 34.6 Å². The third-order valence-corrected chi connectivity index (χ3v) is 5.49. The highest BCUT2D eigenvalue weighted by Crippen LogP contribution is 2.24. The maximum Gasteiger partial charge on any atom is 0.295 e. The zero-order valence-corrected chi connectivity index (χ0v) is 18.5. The van der Waals surface area contributed by atoms with E-state index in [1.807, 2.05) is 69.3 Å². The minimum Gasteiger partial charge on any atom is -0.319 e. The first kappa shape index (κ1) is 20.5. The van der Waals surface area contributed by atoms with E-state index in [-0.39, 0.29) is 11.7 Å². The predicted octanol–water partition coefficient (Wildman–Crippen LogP) is 5.73. The fourth-order valence-electron chi connectivity index (χ4n) is 3.47. The molecule has 0 fully saturated rings. The Kier molecular flexibility index (Phi) is 5.42. The van der Waals surface area contributed by atoms with E-state index in [4.69, 9.17) is 0 Å². The average molecular weight is 411 g/mol. The molecule has 0 aliphatic carbocycles. The van der Waals surface area contributed by atoms with Crippen LogP contribution < -0.4 is 5.32 Å². The number of aromatic nitrogens is 3. The van der Waals surface area contributed by atoms with Crippen LogP contribution in [0.25, 0.3) is 17.1 Å². The summed E-state index contributed by atoms with van der Waals surface area (Å²) >= 11 is 0. The van der Waals surface area contributed by atoms with Crippen LogP contribution in [0.3, 0.4) is 0 Å². The van der Waals surface area contributed by atoms with Crippen LogP contribution in [-0.4, -0.2) is 20.7 Å². The second-order valence-corrected chi connectivity index (χ2v) is 8.08. The average Bonchev–Trinajstić information content (AvgIpc) is 3.18. The number of benzene rings is 3. The van der Waals surface area contributed by atoms with Crippen molar-refractivity contribution in [2.24, 2.45) is 0 Å². The molecule has 156 valence electrons. The molecule has 0 unspecified atom stereocenters. The molecule has 4 aromatic rings. The van der Waals surface area contributed by atoms with E-state index in [2.05, 4.69) is 41.4 Å². The molecule has 4 rings (SSSR count). The van der Waals surface area contributed by atoms with Gasteiger partial charge in [0.25, 0.3) is 5.91 Å². The van der Waals surface area contributed by atoms with Crippen molar-refractivity contribution in [1.82, 2.24) is 14.8 Å². The van der Waals surface area contributed by atoms with E-state index in [1.54, 1.807) is 4.68 Å². The normalized spacial score (nSPS) is 10.9. The van der Waals surface area contributed by atoms with Crippen molar-refractivity contribution in [3.63, 3.8) is 0 Å². The molecule has 1 heterocycles. The number of aryl methyl sites for hydroxylation is 5. The minimum atomic E-state index is -0.331. The standard InChI is InChI=1S/C26H26N4O/c1-16-6-10-21(11-7-16)25-28-24(26(31)27-23-13-8-17(2)14-20(23)5)29-30(25)22-12-9-18(3)19(4)15-22/h6-15H,1-5H3,(H,27,31). The maximum absolute atomic E-state index is 13.0. The number of rotatable bonds is 4. The first-order chi connectivity index (χ1) is 14.8. The molecule has 0 aliphatic rings. The summed E-state index contributed by atoms with van der Waals surface area (Å²) in [5, 5.41) is 7.54. The monoisotopic (exact) mass is 410 g/mol. The van der Waals surface area contributed by atoms with Gasteiger partial charge in [0.15, 0.2) is 5.82 Å². The predicted molar refractivity (Wildman–Crippen MR) is 125 cm³/mol. The molecule has 0 bridgehead atoms. The molecule has 0 saturated heterocycles. The topological polar surface area (TPSA) is 59.8 Å². The van der Waals surface area contributed by atoms with Gasteiger partial charge in [0.05, 0.1) is 5.69 Å². The molecule has 0 radical (unpaired) electrons. The molecular weight excluding hydrogens is 384 g/mol. The summed E-state index contributed by atoms with van der Waals surface area (Å²) in [7, 11) is 0. The lowest BCUT2D eigenvalue weighted by Crippen LogP contribution is -2.15. The summed E-state index contributed by atoms with van der Waals surface area (Å²) in [6, 6.07) is 20.1. The van der Waals surface area contributed by atoms with Crippen LogP contribution in [0.15, 0.2) is 60.7 Å². The molecule has 3 aromatic carbocycles. The van der Waals surface area contributed by atoms with Crippen molar-refractivity contribution in [3.05, 3.63) is 94.3 Å². The van der Waals surface area contributed by atoms with Crippen LogP contribution in [0.5, 0.6) is 0 Å². The summed E-state index contributed by atoms with van der Waals surface area (Å²) < 4.78 is 1.74. The van der Waals surface area contributed by atoms with Gasteiger partial charge < -0.3 is 5.32 Å². The highest BCUT2D eigenvalue weighted by atomic mass is 16.2. The number of hydrogen-bond donors (Lipinski definition) is 1. The van der Waals surface area contributed by atoms with Crippen LogP contribution >= 0.6 is 0 Å². The Morgan fingerprint density at radius 3 is 2.16 bits per heavy atom. The molecule has 31 heavy (non-hydrogen) atoms. The number of nitrogens with zero attached hydrogens (tertiary/aromatic N) is 3. The first-order valence-corrected chi connectivity index (χ1v) is 10.3. The lowest BCUT2D eigenvalue weighted by atomic mass is 10.1. The first-order valence-electron chi connectivity index (χ1n) is 10.3. The summed E-state index contributed by atoms with van der Waals surface area (Å²) in [6.07, 6.45) is 0. The Balaban J connectivity index is 1.77. The smallest absolute Gasteiger partial charge is 0.295 e. The number of nitrogens with one attached hydrogen (secondary N) is 1. The Morgan fingerprint density at radius 1 is 0.774 bits per heavy atom. The molecule has 1 amide bonds. The van der Waals surface area contributed by atoms with Crippen molar-refractivity contribution in [1.29, 1.82) is 0 Å². The fourth-order valence-corrected chi connectivity index (χ4v) is 3.47. The number of hydrogen-bond acceptors (Lipinski definition) is 3. The number of carbonyl (C=O) groups is 1. The van der Waals surface area contributed by atoms with Crippen LogP contribution in [0.4, 0.5) is 5.69 Å². The van der Waals surface area contributed by atoms with E-state index in [9.17, 15) is 4.79 Å². The van der Waals surface area contributed by atoms with Crippen molar-refractivity contribution in [2.45, 2.75) is 34.6 Å². The van der Waals surface area contributed by atoms with Gasteiger partial charge in [0.2, 0.25) is 5.82 Å². The van der Waals surface area contributed by atoms with E-state index >= 15 is 0 Å². The zero-order chi connectivity index (χ0) is 22.1. The van der Waals surface area contributed by atoms with Crippen LogP contribution in [0.1, 0.15) is 38.4 Å². The molecular formula is C26H26N4O. The zero-order valence-electron chi connectivity index (χ0n) is 18.5. The summed E-state index contributed by atoms with van der Waals surface area (Å²) in [5.74, 6) is 0.436. The van der Waals surface area contributed by atoms with Gasteiger partial charge in [-0.15, -0.1) is 5.10 Å². The van der Waals surface area contributed by atoms with E-state index in [0.29, 0.717) is 5.82 Å². The van der Waals surface area contributed by atoms with E-state index < -0.39 is 0 Å². The minimum absolute atomic E-state index is 0.133. The lowest BCUT2D eigenvalue weighted by Gasteiger charge is -2.08. The fraction of sp³-hybridized carbons (Fsp3) is 0.192. The quantitative estimate of drug-likeness (QED) is 0.467. The van der Waals surface area contributed by atoms with Crippen LogP contribution in [-0.2, 0) is 0 Å². The number of anilines is 1. The largest absolute Gasteiger partial charge is 0.319 e. The maximum atomic E-state index is 13.0. The lowest BCUT2D eigenvalue weighted by molar-refractivity contribution is 0.101. The highest BCUT2D eigenvalue weighted by Gasteiger charge is 2.19. The van der Waals surface area contributed by atoms with Crippen molar-refractivity contribution < 1.29 is 4.79 Å². The Morgan fingerprint density at radius 2 is 1.48 bits per heavy atom. The molecule has 0 aliphatic heterocycles. The molecule has 5 nitrogen and oxygen atoms in total. The van der Waals surface area contributed by atoms with Gasteiger partial charge in [-0.3, -0.25) is 4.79 Å². The summed E-state index contributed by atoms with van der Waals surface area (Å²) in [4.78, 5) is 17.6. The number of carbonyl (C=O) groups excluding carboxylic acids is 1. The van der Waals surface area contributed by atoms with Gasteiger partial charge in [0, 0.05) is 11.3 Å². The third-order valence-electron chi connectivity index (χ3n) is 5.49.